The average molecular weight is 948 g/mol. The summed E-state index contributed by atoms with van der Waals surface area (Å²) in [4.78, 5) is 5.23. The van der Waals surface area contributed by atoms with Gasteiger partial charge in [-0.15, -0.1) is 0 Å². The highest BCUT2D eigenvalue weighted by atomic mass is 15.1. The maximum atomic E-state index is 2.76. The van der Waals surface area contributed by atoms with E-state index in [1.807, 2.05) is 0 Å². The number of aromatic nitrogens is 1. The van der Waals surface area contributed by atoms with Gasteiger partial charge in [0.25, 0.3) is 0 Å². The van der Waals surface area contributed by atoms with Gasteiger partial charge in [-0.3, -0.25) is 0 Å². The van der Waals surface area contributed by atoms with E-state index in [1.165, 1.54) is 117 Å². The summed E-state index contributed by atoms with van der Waals surface area (Å²) >= 11 is 0. The number of nitrogens with zero attached hydrogens (tertiary/aromatic N) is 3. The maximum Gasteiger partial charge on any atom is 0.333 e. The molecule has 0 atom stereocenters. The van der Waals surface area contributed by atoms with Crippen molar-refractivity contribution in [3.8, 4) is 27.9 Å². The van der Waals surface area contributed by atoms with Crippen molar-refractivity contribution in [1.29, 1.82) is 0 Å². The minimum Gasteiger partial charge on any atom is -0.376 e. The summed E-state index contributed by atoms with van der Waals surface area (Å²) in [7, 11) is 0. The topological polar surface area (TPSA) is 11.4 Å². The molecule has 0 bridgehead atoms. The molecule has 0 radical (unpaired) electrons. The lowest BCUT2D eigenvalue weighted by molar-refractivity contribution is 0.332. The Morgan fingerprint density at radius 3 is 1.70 bits per heavy atom. The van der Waals surface area contributed by atoms with Crippen LogP contribution in [0.5, 0.6) is 0 Å². The Morgan fingerprint density at radius 2 is 1.07 bits per heavy atom. The monoisotopic (exact) mass is 948 g/mol. The lowest BCUT2D eigenvalue weighted by Gasteiger charge is -2.46. The molecule has 10 aromatic rings. The van der Waals surface area contributed by atoms with Crippen molar-refractivity contribution in [2.75, 3.05) is 9.71 Å². The van der Waals surface area contributed by atoms with Crippen LogP contribution in [0, 0.1) is 6.92 Å². The first-order chi connectivity index (χ1) is 34.9. The zero-order valence-electron chi connectivity index (χ0n) is 44.6. The molecule has 1 aliphatic carbocycles. The number of hydrogen-bond donors (Lipinski definition) is 0. The fourth-order valence-electron chi connectivity index (χ4n) is 12.9. The average Bonchev–Trinajstić information content (AvgIpc) is 3.71. The molecule has 0 spiro atoms. The van der Waals surface area contributed by atoms with E-state index in [-0.39, 0.29) is 28.5 Å². The van der Waals surface area contributed by atoms with E-state index in [4.69, 9.17) is 0 Å². The van der Waals surface area contributed by atoms with Gasteiger partial charge in [-0.05, 0) is 180 Å². The molecule has 9 aromatic carbocycles. The third-order valence-corrected chi connectivity index (χ3v) is 17.2. The first kappa shape index (κ1) is 45.6. The largest absolute Gasteiger partial charge is 0.376 e. The molecule has 0 unspecified atom stereocenters. The fraction of sp³-hybridized carbons (Fsp3) is 0.246. The van der Waals surface area contributed by atoms with Gasteiger partial charge in [-0.1, -0.05) is 172 Å². The summed E-state index contributed by atoms with van der Waals surface area (Å²) < 4.78 is 2.63. The molecule has 0 saturated heterocycles. The smallest absolute Gasteiger partial charge is 0.333 e. The molecule has 4 heteroatoms. The fourth-order valence-corrected chi connectivity index (χ4v) is 12.9. The summed E-state index contributed by atoms with van der Waals surface area (Å²) in [6, 6.07) is 68.0. The van der Waals surface area contributed by atoms with E-state index in [2.05, 4.69) is 266 Å². The second-order valence-corrected chi connectivity index (χ2v) is 25.0. The van der Waals surface area contributed by atoms with Gasteiger partial charge in [0.2, 0.25) is 0 Å². The van der Waals surface area contributed by atoms with Crippen molar-refractivity contribution < 1.29 is 0 Å². The number of hydrogen-bond acceptors (Lipinski definition) is 2. The summed E-state index contributed by atoms with van der Waals surface area (Å²) in [5.74, 6) is 0. The van der Waals surface area contributed by atoms with Crippen LogP contribution < -0.4 is 20.6 Å². The van der Waals surface area contributed by atoms with Crippen LogP contribution in [0.3, 0.4) is 0 Å². The summed E-state index contributed by atoms with van der Waals surface area (Å²) in [6.07, 6.45) is 2.34. The zero-order valence-corrected chi connectivity index (χ0v) is 44.6. The second kappa shape index (κ2) is 15.9. The highest BCUT2D eigenvalue weighted by molar-refractivity contribution is 6.93. The van der Waals surface area contributed by atoms with Gasteiger partial charge in [0.15, 0.2) is 0 Å². The van der Waals surface area contributed by atoms with Crippen molar-refractivity contribution in [2.24, 2.45) is 0 Å². The molecule has 0 saturated carbocycles. The second-order valence-electron chi connectivity index (χ2n) is 25.0. The van der Waals surface area contributed by atoms with Crippen LogP contribution in [0.1, 0.15) is 110 Å². The van der Waals surface area contributed by atoms with Crippen molar-refractivity contribution in [1.82, 2.24) is 4.57 Å². The van der Waals surface area contributed by atoms with Gasteiger partial charge in [0.05, 0.1) is 11.0 Å². The van der Waals surface area contributed by atoms with Crippen LogP contribution >= 0.6 is 0 Å². The highest BCUT2D eigenvalue weighted by Gasteiger charge is 2.46. The van der Waals surface area contributed by atoms with E-state index in [0.29, 0.717) is 0 Å². The molecule has 3 heterocycles. The molecule has 0 fully saturated rings. The van der Waals surface area contributed by atoms with Crippen molar-refractivity contribution >= 4 is 78.8 Å². The van der Waals surface area contributed by atoms with Gasteiger partial charge in [-0.25, -0.2) is 0 Å². The predicted molar refractivity (Wildman–Crippen MR) is 315 cm³/mol. The molecule has 0 N–H and O–H groups in total. The molecule has 3 aliphatic rings. The van der Waals surface area contributed by atoms with Crippen LogP contribution in [0.15, 0.2) is 176 Å². The molecule has 2 aliphatic heterocycles. The Bertz CT molecular complexity index is 3820. The molecule has 13 rings (SSSR count). The molecule has 73 heavy (non-hydrogen) atoms. The van der Waals surface area contributed by atoms with E-state index in [9.17, 15) is 0 Å². The first-order valence-electron chi connectivity index (χ1n) is 26.7. The first-order valence-corrected chi connectivity index (χ1v) is 26.7. The van der Waals surface area contributed by atoms with Crippen molar-refractivity contribution in [3.05, 3.63) is 204 Å². The van der Waals surface area contributed by atoms with Crippen molar-refractivity contribution in [2.45, 2.75) is 111 Å². The number of benzene rings is 9. The highest BCUT2D eigenvalue weighted by Crippen LogP contribution is 2.52. The van der Waals surface area contributed by atoms with E-state index < -0.39 is 0 Å². The predicted octanol–water partition coefficient (Wildman–Crippen LogP) is 17.6. The number of fused-ring (bicyclic) bond motifs is 9. The van der Waals surface area contributed by atoms with Crippen LogP contribution in [-0.2, 0) is 21.7 Å². The molecule has 0 amide bonds. The summed E-state index contributed by atoms with van der Waals surface area (Å²) in [5.41, 5.74) is 24.5. The molecule has 360 valence electrons. The van der Waals surface area contributed by atoms with E-state index in [1.54, 1.807) is 0 Å². The van der Waals surface area contributed by atoms with Crippen LogP contribution in [0.2, 0.25) is 0 Å². The Hall–Kier alpha value is -7.30. The molecule has 3 nitrogen and oxygen atoms in total. The molecular formula is C69H66BN3. The molecule has 1 aromatic heterocycles. The van der Waals surface area contributed by atoms with Crippen LogP contribution in [0.25, 0.3) is 60.5 Å². The number of aryl methyl sites for hydroxylation is 1. The Balaban J connectivity index is 1.14. The quantitative estimate of drug-likeness (QED) is 0.159. The van der Waals surface area contributed by atoms with Gasteiger partial charge < -0.3 is 14.3 Å². The van der Waals surface area contributed by atoms with Crippen LogP contribution in [-0.4, -0.2) is 11.4 Å². The van der Waals surface area contributed by atoms with Gasteiger partial charge >= 0.3 is 6.85 Å². The third kappa shape index (κ3) is 7.07. The maximum absolute atomic E-state index is 2.76. The van der Waals surface area contributed by atoms with Crippen molar-refractivity contribution in [3.63, 3.8) is 0 Å². The van der Waals surface area contributed by atoms with Gasteiger partial charge in [-0.2, -0.15) is 0 Å². The lowest BCUT2D eigenvalue weighted by Crippen LogP contribution is -2.60. The SMILES string of the molecule is Cc1cc2c(cc1N1B3c4c(cc(-c5ccccc5)cc4-n4c5cc6ccccc6cc5c5cccc3c54)-c3cc(N(c4ccc(C(C)(C)C)cc4)c4ccc(C(C)(C)C)cc4)ccc31)C(C)(C)CCC2(C)C. The summed E-state index contributed by atoms with van der Waals surface area (Å²) in [6.45, 7) is 25.9. The zero-order chi connectivity index (χ0) is 50.5. The number of para-hydroxylation sites is 1. The van der Waals surface area contributed by atoms with E-state index in [0.717, 1.165) is 23.5 Å². The molecular weight excluding hydrogens is 882 g/mol. The Labute approximate surface area is 433 Å². The van der Waals surface area contributed by atoms with Crippen LogP contribution in [0.4, 0.5) is 28.4 Å². The van der Waals surface area contributed by atoms with Gasteiger partial charge in [0, 0.05) is 50.5 Å². The van der Waals surface area contributed by atoms with Gasteiger partial charge in [0.1, 0.15) is 0 Å². The minimum absolute atomic E-state index is 0.0362. The standard InChI is InChI=1S/C69H66BN3/c1-43-36-57-58(69(10,11)35-34-68(57,8)9)42-61(43)73-60-33-32-52(71(50-28-24-48(25-29-50)66(2,3)4)51-30-26-49(27-31-51)67(5,6)7)41-55(60)56-38-47(44-18-13-12-14-19-44)40-63-64(56)70(73)59-23-17-22-53-54-37-45-20-15-16-21-46(45)39-62(54)72(63)65(53)59/h12-33,36-42H,34-35H2,1-11H3. The summed E-state index contributed by atoms with van der Waals surface area (Å²) in [5, 5.41) is 5.11. The number of anilines is 5. The Morgan fingerprint density at radius 1 is 0.479 bits per heavy atom. The van der Waals surface area contributed by atoms with E-state index >= 15 is 0 Å². The Kier molecular flexibility index (Phi) is 9.89. The lowest BCUT2D eigenvalue weighted by atomic mass is 9.43. The third-order valence-electron chi connectivity index (χ3n) is 17.2. The minimum atomic E-state index is -0.0921. The normalized spacial score (nSPS) is 15.4. The number of rotatable bonds is 5.